The Labute approximate surface area is 211 Å². The van der Waals surface area contributed by atoms with Gasteiger partial charge in [0.2, 0.25) is 0 Å². The smallest absolute Gasteiger partial charge is 0.146 e. The molecular formula is C27H35N5O2S. The normalized spacial score (nSPS) is 19.7. The van der Waals surface area contributed by atoms with Crippen LogP contribution in [-0.4, -0.2) is 72.4 Å². The molecule has 1 aromatic carbocycles. The summed E-state index contributed by atoms with van der Waals surface area (Å²) in [5.41, 5.74) is 4.14. The van der Waals surface area contributed by atoms with Crippen molar-refractivity contribution in [1.29, 1.82) is 0 Å². The molecule has 2 saturated heterocycles. The number of hydrogen-bond acceptors (Lipinski definition) is 8. The fraction of sp³-hybridized carbons (Fsp3) is 0.556. The predicted octanol–water partition coefficient (Wildman–Crippen LogP) is 3.85. The van der Waals surface area contributed by atoms with E-state index in [0.29, 0.717) is 0 Å². The predicted molar refractivity (Wildman–Crippen MR) is 140 cm³/mol. The van der Waals surface area contributed by atoms with Crippen LogP contribution in [0.25, 0.3) is 10.2 Å². The molecule has 2 aromatic heterocycles. The van der Waals surface area contributed by atoms with Crippen LogP contribution >= 0.6 is 11.3 Å². The lowest BCUT2D eigenvalue weighted by Crippen LogP contribution is -2.36. The molecule has 0 amide bonds. The minimum absolute atomic E-state index is 0.769. The van der Waals surface area contributed by atoms with Crippen molar-refractivity contribution in [2.24, 2.45) is 0 Å². The average Bonchev–Trinajstić information content (AvgIpc) is 3.27. The summed E-state index contributed by atoms with van der Waals surface area (Å²) >= 11 is 1.88. The number of morpholine rings is 2. The van der Waals surface area contributed by atoms with Gasteiger partial charge in [-0.3, -0.25) is 9.80 Å². The second kappa shape index (κ2) is 10.9. The van der Waals surface area contributed by atoms with Crippen molar-refractivity contribution in [1.82, 2.24) is 19.8 Å². The van der Waals surface area contributed by atoms with Crippen molar-refractivity contribution in [2.45, 2.75) is 45.3 Å². The van der Waals surface area contributed by atoms with Gasteiger partial charge in [-0.15, -0.1) is 11.3 Å². The highest BCUT2D eigenvalue weighted by atomic mass is 32.1. The van der Waals surface area contributed by atoms with Gasteiger partial charge in [0, 0.05) is 44.1 Å². The standard InChI is InChI=1S/C27H35N5O2S/c1-2-7-23-22(6-1)25-26(29-24(30-27(25)35-23)19-32-10-14-34-15-11-32)28-17-20-4-3-5-21(16-20)18-31-8-12-33-13-9-31/h3-5,16H,1-2,6-15,17-19H2,(H,28,29,30). The Morgan fingerprint density at radius 2 is 1.57 bits per heavy atom. The highest BCUT2D eigenvalue weighted by molar-refractivity contribution is 7.19. The molecule has 0 unspecified atom stereocenters. The minimum Gasteiger partial charge on any atom is -0.379 e. The molecule has 35 heavy (non-hydrogen) atoms. The molecule has 3 aliphatic rings. The molecule has 7 nitrogen and oxygen atoms in total. The number of anilines is 1. The van der Waals surface area contributed by atoms with Gasteiger partial charge < -0.3 is 14.8 Å². The van der Waals surface area contributed by atoms with Crippen LogP contribution in [0.1, 0.15) is 40.2 Å². The summed E-state index contributed by atoms with van der Waals surface area (Å²) in [5.74, 6) is 1.93. The van der Waals surface area contributed by atoms with Crippen LogP contribution in [0.15, 0.2) is 24.3 Å². The summed E-state index contributed by atoms with van der Waals surface area (Å²) in [4.78, 5) is 17.7. The molecule has 3 aromatic rings. The number of aryl methyl sites for hydroxylation is 2. The maximum Gasteiger partial charge on any atom is 0.146 e. The van der Waals surface area contributed by atoms with Gasteiger partial charge in [-0.2, -0.15) is 0 Å². The third-order valence-electron chi connectivity index (χ3n) is 7.29. The summed E-state index contributed by atoms with van der Waals surface area (Å²) < 4.78 is 11.0. The van der Waals surface area contributed by atoms with Crippen molar-refractivity contribution in [3.05, 3.63) is 51.7 Å². The van der Waals surface area contributed by atoms with Gasteiger partial charge in [0.1, 0.15) is 16.5 Å². The Hall–Kier alpha value is -2.10. The van der Waals surface area contributed by atoms with E-state index in [-0.39, 0.29) is 0 Å². The molecule has 1 aliphatic carbocycles. The maximum absolute atomic E-state index is 5.53. The van der Waals surface area contributed by atoms with Gasteiger partial charge in [-0.05, 0) is 42.4 Å². The van der Waals surface area contributed by atoms with E-state index in [2.05, 4.69) is 39.4 Å². The zero-order valence-electron chi connectivity index (χ0n) is 20.4. The number of rotatable bonds is 7. The number of thiophene rings is 1. The zero-order chi connectivity index (χ0) is 23.5. The SMILES string of the molecule is c1cc(CNc2nc(CN3CCOCC3)nc3sc4c(c23)CCCC4)cc(CN2CCOCC2)c1. The summed E-state index contributed by atoms with van der Waals surface area (Å²) in [6.07, 6.45) is 4.87. The molecule has 186 valence electrons. The second-order valence-corrected chi connectivity index (χ2v) is 10.9. The molecule has 0 spiro atoms. The van der Waals surface area contributed by atoms with E-state index in [1.54, 1.807) is 0 Å². The summed E-state index contributed by atoms with van der Waals surface area (Å²) in [6, 6.07) is 8.96. The van der Waals surface area contributed by atoms with Gasteiger partial charge >= 0.3 is 0 Å². The van der Waals surface area contributed by atoms with Crippen LogP contribution in [0.2, 0.25) is 0 Å². The number of nitrogens with one attached hydrogen (secondary N) is 1. The van der Waals surface area contributed by atoms with E-state index in [1.807, 2.05) is 11.3 Å². The number of fused-ring (bicyclic) bond motifs is 3. The van der Waals surface area contributed by atoms with Crippen molar-refractivity contribution in [3.63, 3.8) is 0 Å². The van der Waals surface area contributed by atoms with Crippen molar-refractivity contribution < 1.29 is 9.47 Å². The van der Waals surface area contributed by atoms with E-state index < -0.39 is 0 Å². The van der Waals surface area contributed by atoms with Gasteiger partial charge in [0.15, 0.2) is 0 Å². The molecule has 8 heteroatoms. The van der Waals surface area contributed by atoms with Gasteiger partial charge in [-0.25, -0.2) is 9.97 Å². The van der Waals surface area contributed by atoms with E-state index in [9.17, 15) is 0 Å². The van der Waals surface area contributed by atoms with Crippen molar-refractivity contribution >= 4 is 27.4 Å². The highest BCUT2D eigenvalue weighted by Gasteiger charge is 2.22. The third kappa shape index (κ3) is 5.52. The van der Waals surface area contributed by atoms with Crippen LogP contribution < -0.4 is 5.32 Å². The molecule has 0 atom stereocenters. The van der Waals surface area contributed by atoms with Crippen LogP contribution in [0.3, 0.4) is 0 Å². The number of hydrogen-bond donors (Lipinski definition) is 1. The first-order chi connectivity index (χ1) is 17.3. The minimum atomic E-state index is 0.769. The molecule has 0 radical (unpaired) electrons. The monoisotopic (exact) mass is 493 g/mol. The Balaban J connectivity index is 1.24. The molecular weight excluding hydrogens is 458 g/mol. The molecule has 2 fully saturated rings. The van der Waals surface area contributed by atoms with E-state index in [1.165, 1.54) is 46.2 Å². The Bertz CT molecular complexity index is 1150. The molecule has 4 heterocycles. The highest BCUT2D eigenvalue weighted by Crippen LogP contribution is 2.39. The van der Waals surface area contributed by atoms with Crippen molar-refractivity contribution in [3.8, 4) is 0 Å². The quantitative estimate of drug-likeness (QED) is 0.536. The topological polar surface area (TPSA) is 62.8 Å². The van der Waals surface area contributed by atoms with Crippen LogP contribution in [0.4, 0.5) is 5.82 Å². The molecule has 1 N–H and O–H groups in total. The second-order valence-electron chi connectivity index (χ2n) is 9.83. The number of benzene rings is 1. The lowest BCUT2D eigenvalue weighted by atomic mass is 9.97. The van der Waals surface area contributed by atoms with Gasteiger partial charge in [0.25, 0.3) is 0 Å². The van der Waals surface area contributed by atoms with Gasteiger partial charge in [0.05, 0.1) is 38.4 Å². The lowest BCUT2D eigenvalue weighted by molar-refractivity contribution is 0.0331. The van der Waals surface area contributed by atoms with E-state index >= 15 is 0 Å². The zero-order valence-corrected chi connectivity index (χ0v) is 21.2. The van der Waals surface area contributed by atoms with E-state index in [4.69, 9.17) is 19.4 Å². The average molecular weight is 494 g/mol. The first-order valence-electron chi connectivity index (χ1n) is 13.0. The molecule has 0 saturated carbocycles. The van der Waals surface area contributed by atoms with Crippen LogP contribution in [0, 0.1) is 0 Å². The Kier molecular flexibility index (Phi) is 7.25. The summed E-state index contributed by atoms with van der Waals surface area (Å²) in [7, 11) is 0. The van der Waals surface area contributed by atoms with E-state index in [0.717, 1.165) is 95.1 Å². The Morgan fingerprint density at radius 3 is 2.37 bits per heavy atom. The largest absolute Gasteiger partial charge is 0.379 e. The number of aromatic nitrogens is 2. The first kappa shape index (κ1) is 23.3. The first-order valence-corrected chi connectivity index (χ1v) is 13.9. The molecule has 0 bridgehead atoms. The lowest BCUT2D eigenvalue weighted by Gasteiger charge is -2.26. The number of nitrogens with zero attached hydrogens (tertiary/aromatic N) is 4. The fourth-order valence-corrected chi connectivity index (χ4v) is 6.68. The summed E-state index contributed by atoms with van der Waals surface area (Å²) in [5, 5.41) is 4.99. The van der Waals surface area contributed by atoms with Crippen LogP contribution in [0.5, 0.6) is 0 Å². The maximum atomic E-state index is 5.53. The van der Waals surface area contributed by atoms with Crippen molar-refractivity contribution in [2.75, 3.05) is 57.9 Å². The summed E-state index contributed by atoms with van der Waals surface area (Å²) in [6.45, 7) is 9.70. The Morgan fingerprint density at radius 1 is 0.857 bits per heavy atom. The van der Waals surface area contributed by atoms with Gasteiger partial charge in [-0.1, -0.05) is 24.3 Å². The van der Waals surface area contributed by atoms with Crippen LogP contribution in [-0.2, 0) is 41.9 Å². The molecule has 6 rings (SSSR count). The number of ether oxygens (including phenoxy) is 2. The third-order valence-corrected chi connectivity index (χ3v) is 8.48. The molecule has 2 aliphatic heterocycles. The fourth-order valence-electron chi connectivity index (χ4n) is 5.40.